The number of hydrogen-bond donors (Lipinski definition) is 1. The first-order chi connectivity index (χ1) is 13.7. The second-order valence-corrected chi connectivity index (χ2v) is 9.28. The van der Waals surface area contributed by atoms with Gasteiger partial charge in [-0.2, -0.15) is 0 Å². The molecule has 0 aromatic heterocycles. The Bertz CT molecular complexity index is 1160. The summed E-state index contributed by atoms with van der Waals surface area (Å²) in [6, 6.07) is 18.7. The highest BCUT2D eigenvalue weighted by Crippen LogP contribution is 2.26. The van der Waals surface area contributed by atoms with Crippen LogP contribution in [0.2, 0.25) is 0 Å². The topological polar surface area (TPSA) is 66.5 Å². The van der Waals surface area contributed by atoms with Crippen molar-refractivity contribution in [2.24, 2.45) is 0 Å². The van der Waals surface area contributed by atoms with Crippen molar-refractivity contribution in [3.05, 3.63) is 77.4 Å². The molecule has 0 spiro atoms. The molecule has 1 N–H and O–H groups in total. The monoisotopic (exact) mass is 410 g/mol. The fraction of sp³-hybridized carbons (Fsp3) is 0.261. The second-order valence-electron chi connectivity index (χ2n) is 7.42. The molecule has 5 nitrogen and oxygen atoms in total. The number of carbonyl (C=O) groups is 1. The van der Waals surface area contributed by atoms with Gasteiger partial charge in [0, 0.05) is 6.54 Å². The predicted octanol–water partition coefficient (Wildman–Crippen LogP) is 3.93. The summed E-state index contributed by atoms with van der Waals surface area (Å²) in [6.45, 7) is 5.68. The molecular formula is C23H26N2O3S. The van der Waals surface area contributed by atoms with Crippen LogP contribution in [0.1, 0.15) is 23.6 Å². The fourth-order valence-corrected chi connectivity index (χ4v) is 4.65. The van der Waals surface area contributed by atoms with Crippen LogP contribution in [-0.4, -0.2) is 26.6 Å². The average Bonchev–Trinajstić information content (AvgIpc) is 2.67. The van der Waals surface area contributed by atoms with Gasteiger partial charge in [-0.1, -0.05) is 48.5 Å². The number of hydrogen-bond acceptors (Lipinski definition) is 3. The van der Waals surface area contributed by atoms with Gasteiger partial charge in [-0.3, -0.25) is 9.10 Å². The van der Waals surface area contributed by atoms with Crippen molar-refractivity contribution >= 4 is 32.4 Å². The molecule has 0 aliphatic heterocycles. The Morgan fingerprint density at radius 2 is 1.69 bits per heavy atom. The quantitative estimate of drug-likeness (QED) is 0.670. The Kier molecular flexibility index (Phi) is 5.94. The third-order valence-electron chi connectivity index (χ3n) is 4.97. The van der Waals surface area contributed by atoms with Crippen molar-refractivity contribution < 1.29 is 13.2 Å². The molecule has 1 amide bonds. The van der Waals surface area contributed by atoms with Crippen molar-refractivity contribution in [1.82, 2.24) is 5.32 Å². The normalized spacial score (nSPS) is 12.6. The molecule has 0 fully saturated rings. The zero-order valence-corrected chi connectivity index (χ0v) is 18.0. The predicted molar refractivity (Wildman–Crippen MR) is 118 cm³/mol. The van der Waals surface area contributed by atoms with Crippen LogP contribution in [0.3, 0.4) is 0 Å². The van der Waals surface area contributed by atoms with Crippen LogP contribution in [0, 0.1) is 13.8 Å². The number of aryl methyl sites for hydroxylation is 2. The zero-order valence-electron chi connectivity index (χ0n) is 17.1. The Labute approximate surface area is 172 Å². The van der Waals surface area contributed by atoms with Crippen molar-refractivity contribution in [3.63, 3.8) is 0 Å². The number of sulfonamides is 1. The van der Waals surface area contributed by atoms with Gasteiger partial charge in [0.1, 0.15) is 6.04 Å². The van der Waals surface area contributed by atoms with E-state index in [1.807, 2.05) is 68.4 Å². The van der Waals surface area contributed by atoms with Crippen LogP contribution >= 0.6 is 0 Å². The lowest BCUT2D eigenvalue weighted by atomic mass is 10.1. The molecule has 0 saturated carbocycles. The maximum atomic E-state index is 12.8. The summed E-state index contributed by atoms with van der Waals surface area (Å²) in [6.07, 6.45) is 1.13. The lowest BCUT2D eigenvalue weighted by Gasteiger charge is -2.29. The number of fused-ring (bicyclic) bond motifs is 1. The van der Waals surface area contributed by atoms with Gasteiger partial charge >= 0.3 is 0 Å². The van der Waals surface area contributed by atoms with Gasteiger partial charge in [0.25, 0.3) is 0 Å². The Balaban J connectivity index is 1.81. The summed E-state index contributed by atoms with van der Waals surface area (Å²) in [4.78, 5) is 12.8. The molecule has 3 aromatic carbocycles. The van der Waals surface area contributed by atoms with Crippen molar-refractivity contribution in [2.75, 3.05) is 10.6 Å². The Morgan fingerprint density at radius 3 is 2.38 bits per heavy atom. The second kappa shape index (κ2) is 8.25. The summed E-state index contributed by atoms with van der Waals surface area (Å²) >= 11 is 0. The summed E-state index contributed by atoms with van der Waals surface area (Å²) < 4.78 is 26.2. The van der Waals surface area contributed by atoms with Crippen LogP contribution in [0.4, 0.5) is 5.69 Å². The summed E-state index contributed by atoms with van der Waals surface area (Å²) in [7, 11) is -3.64. The van der Waals surface area contributed by atoms with Crippen LogP contribution in [0.25, 0.3) is 10.8 Å². The van der Waals surface area contributed by atoms with Gasteiger partial charge in [0.2, 0.25) is 15.9 Å². The van der Waals surface area contributed by atoms with Crippen LogP contribution < -0.4 is 9.62 Å². The van der Waals surface area contributed by atoms with Crippen molar-refractivity contribution in [1.29, 1.82) is 0 Å². The molecule has 0 saturated heterocycles. The summed E-state index contributed by atoms with van der Waals surface area (Å²) in [5.41, 5.74) is 3.22. The molecule has 29 heavy (non-hydrogen) atoms. The number of carbonyl (C=O) groups excluding carboxylic acids is 1. The number of nitrogens with zero attached hydrogens (tertiary/aromatic N) is 1. The van der Waals surface area contributed by atoms with Gasteiger partial charge in [-0.25, -0.2) is 8.42 Å². The van der Waals surface area contributed by atoms with E-state index in [4.69, 9.17) is 0 Å². The van der Waals surface area contributed by atoms with Crippen LogP contribution in [0.15, 0.2) is 60.7 Å². The maximum absolute atomic E-state index is 12.8. The number of rotatable bonds is 6. The van der Waals surface area contributed by atoms with E-state index in [1.54, 1.807) is 13.0 Å². The highest BCUT2D eigenvalue weighted by atomic mass is 32.2. The lowest BCUT2D eigenvalue weighted by Crippen LogP contribution is -2.48. The summed E-state index contributed by atoms with van der Waals surface area (Å²) in [5.74, 6) is -0.343. The van der Waals surface area contributed by atoms with Gasteiger partial charge in [0.15, 0.2) is 0 Å². The molecule has 0 radical (unpaired) electrons. The molecule has 152 valence electrons. The SMILES string of the molecule is Cc1ccc(C)c(N([C@@H](C)C(=O)NCc2ccc3ccccc3c2)S(C)(=O)=O)c1. The highest BCUT2D eigenvalue weighted by molar-refractivity contribution is 7.92. The minimum absolute atomic E-state index is 0.332. The molecule has 0 aliphatic carbocycles. The van der Waals surface area contributed by atoms with Gasteiger partial charge < -0.3 is 5.32 Å². The molecular weight excluding hydrogens is 384 g/mol. The Hall–Kier alpha value is -2.86. The standard InChI is InChI=1S/C23H26N2O3S/c1-16-9-10-17(2)22(13-16)25(29(4,27)28)18(3)23(26)24-15-19-11-12-20-7-5-6-8-21(20)14-19/h5-14,18H,15H2,1-4H3,(H,24,26)/t18-/m0/s1. The number of amides is 1. The minimum atomic E-state index is -3.64. The van der Waals surface area contributed by atoms with Gasteiger partial charge in [-0.05, 0) is 60.4 Å². The third-order valence-corrected chi connectivity index (χ3v) is 6.20. The van der Waals surface area contributed by atoms with Gasteiger partial charge in [-0.15, -0.1) is 0 Å². The molecule has 3 rings (SSSR count). The molecule has 0 bridgehead atoms. The third kappa shape index (κ3) is 4.77. The van der Waals surface area contributed by atoms with E-state index in [0.717, 1.165) is 33.7 Å². The molecule has 6 heteroatoms. The number of anilines is 1. The van der Waals surface area contributed by atoms with E-state index in [9.17, 15) is 13.2 Å². The smallest absolute Gasteiger partial charge is 0.243 e. The molecule has 0 aliphatic rings. The summed E-state index contributed by atoms with van der Waals surface area (Å²) in [5, 5.41) is 5.11. The van der Waals surface area contributed by atoms with E-state index in [0.29, 0.717) is 12.2 Å². The van der Waals surface area contributed by atoms with E-state index < -0.39 is 16.1 Å². The zero-order chi connectivity index (χ0) is 21.2. The van der Waals surface area contributed by atoms with Crippen molar-refractivity contribution in [3.8, 4) is 0 Å². The van der Waals surface area contributed by atoms with Crippen LogP contribution in [-0.2, 0) is 21.4 Å². The average molecular weight is 411 g/mol. The van der Waals surface area contributed by atoms with E-state index in [2.05, 4.69) is 5.32 Å². The Morgan fingerprint density at radius 1 is 1.00 bits per heavy atom. The first kappa shape index (κ1) is 20.9. The molecule has 0 unspecified atom stereocenters. The van der Waals surface area contributed by atoms with E-state index >= 15 is 0 Å². The number of nitrogens with one attached hydrogen (secondary N) is 1. The fourth-order valence-electron chi connectivity index (χ4n) is 3.42. The molecule has 3 aromatic rings. The van der Waals surface area contributed by atoms with Gasteiger partial charge in [0.05, 0.1) is 11.9 Å². The first-order valence-electron chi connectivity index (χ1n) is 9.49. The highest BCUT2D eigenvalue weighted by Gasteiger charge is 2.30. The van der Waals surface area contributed by atoms with Crippen molar-refractivity contribution in [2.45, 2.75) is 33.4 Å². The number of benzene rings is 3. The molecule has 0 heterocycles. The minimum Gasteiger partial charge on any atom is -0.350 e. The van der Waals surface area contributed by atoms with Crippen LogP contribution in [0.5, 0.6) is 0 Å². The largest absolute Gasteiger partial charge is 0.350 e. The van der Waals surface area contributed by atoms with E-state index in [1.165, 1.54) is 4.31 Å². The molecule has 1 atom stereocenters. The van der Waals surface area contributed by atoms with E-state index in [-0.39, 0.29) is 5.91 Å². The maximum Gasteiger partial charge on any atom is 0.243 e. The first-order valence-corrected chi connectivity index (χ1v) is 11.3. The lowest BCUT2D eigenvalue weighted by molar-refractivity contribution is -0.122.